The van der Waals surface area contributed by atoms with Gasteiger partial charge in [-0.1, -0.05) is 48.5 Å². The number of hydrogen-bond donors (Lipinski definition) is 1. The second-order valence-electron chi connectivity index (χ2n) is 8.15. The molecule has 0 aliphatic carbocycles. The first kappa shape index (κ1) is 17.9. The van der Waals surface area contributed by atoms with Crippen LogP contribution in [0.1, 0.15) is 55.4 Å². The molecule has 0 radical (unpaired) electrons. The Morgan fingerprint density at radius 2 is 1.50 bits per heavy atom. The second kappa shape index (κ2) is 6.91. The smallest absolute Gasteiger partial charge is 0.0113 e. The van der Waals surface area contributed by atoms with E-state index in [1.807, 2.05) is 0 Å². The third kappa shape index (κ3) is 7.38. The van der Waals surface area contributed by atoms with E-state index in [0.29, 0.717) is 16.9 Å². The Bertz CT molecular complexity index is 226. The third-order valence-electron chi connectivity index (χ3n) is 3.75. The molecule has 1 atom stereocenters. The van der Waals surface area contributed by atoms with E-state index < -0.39 is 0 Å². The van der Waals surface area contributed by atoms with Gasteiger partial charge in [-0.2, -0.15) is 0 Å². The molecule has 0 fully saturated rings. The lowest BCUT2D eigenvalue weighted by atomic mass is 9.85. The highest BCUT2D eigenvalue weighted by Gasteiger charge is 2.28. The van der Waals surface area contributed by atoms with Crippen LogP contribution in [-0.4, -0.2) is 37.6 Å². The Balaban J connectivity index is 4.22. The molecular weight excluding hydrogens is 220 g/mol. The Morgan fingerprint density at radius 1 is 1.00 bits per heavy atom. The van der Waals surface area contributed by atoms with Crippen molar-refractivity contribution in [1.82, 2.24) is 10.2 Å². The predicted molar refractivity (Wildman–Crippen MR) is 83.0 cm³/mol. The Labute approximate surface area is 116 Å². The van der Waals surface area contributed by atoms with Crippen molar-refractivity contribution in [2.45, 2.75) is 61.4 Å². The summed E-state index contributed by atoms with van der Waals surface area (Å²) in [6.45, 7) is 21.8. The number of hydrogen-bond acceptors (Lipinski definition) is 2. The summed E-state index contributed by atoms with van der Waals surface area (Å²) in [4.78, 5) is 2.50. The molecule has 2 nitrogen and oxygen atoms in total. The highest BCUT2D eigenvalue weighted by molar-refractivity contribution is 4.82. The summed E-state index contributed by atoms with van der Waals surface area (Å²) in [5.41, 5.74) is 0.666. The van der Waals surface area contributed by atoms with Gasteiger partial charge in [0.05, 0.1) is 0 Å². The van der Waals surface area contributed by atoms with Crippen LogP contribution in [0.3, 0.4) is 0 Å². The highest BCUT2D eigenvalue weighted by atomic mass is 15.1. The molecule has 0 aliphatic rings. The standard InChI is InChI=1S/C16H36N2/c1-13(2)10-17-11-16(7,8)12-18(9)14(3)15(4,5)6/h13-14,17H,10-12H2,1-9H3. The Hall–Kier alpha value is -0.0800. The molecule has 0 aromatic rings. The minimum absolute atomic E-state index is 0.323. The molecule has 1 N–H and O–H groups in total. The van der Waals surface area contributed by atoms with Gasteiger partial charge in [0.1, 0.15) is 0 Å². The number of rotatable bonds is 7. The molecule has 0 spiro atoms. The summed E-state index contributed by atoms with van der Waals surface area (Å²) in [6.07, 6.45) is 0. The van der Waals surface area contributed by atoms with Gasteiger partial charge in [0.2, 0.25) is 0 Å². The van der Waals surface area contributed by atoms with Gasteiger partial charge >= 0.3 is 0 Å². The maximum absolute atomic E-state index is 3.58. The summed E-state index contributed by atoms with van der Waals surface area (Å²) in [6, 6.07) is 0.599. The van der Waals surface area contributed by atoms with Crippen LogP contribution in [0, 0.1) is 16.7 Å². The lowest BCUT2D eigenvalue weighted by Gasteiger charge is -2.40. The van der Waals surface area contributed by atoms with Crippen LogP contribution in [0.5, 0.6) is 0 Å². The van der Waals surface area contributed by atoms with Crippen molar-refractivity contribution in [3.8, 4) is 0 Å². The van der Waals surface area contributed by atoms with Crippen LogP contribution in [-0.2, 0) is 0 Å². The molecule has 0 heterocycles. The molecular formula is C16H36N2. The van der Waals surface area contributed by atoms with Gasteiger partial charge < -0.3 is 10.2 Å². The SMILES string of the molecule is CC(C)CNCC(C)(C)CN(C)C(C)C(C)(C)C. The molecule has 0 amide bonds. The van der Waals surface area contributed by atoms with Crippen molar-refractivity contribution in [2.24, 2.45) is 16.7 Å². The van der Waals surface area contributed by atoms with Crippen LogP contribution >= 0.6 is 0 Å². The van der Waals surface area contributed by atoms with E-state index in [4.69, 9.17) is 0 Å². The van der Waals surface area contributed by atoms with Gasteiger partial charge in [0.15, 0.2) is 0 Å². The first-order chi connectivity index (χ1) is 7.96. The van der Waals surface area contributed by atoms with Crippen molar-refractivity contribution in [1.29, 1.82) is 0 Å². The normalized spacial score (nSPS) is 15.5. The summed E-state index contributed by atoms with van der Waals surface area (Å²) < 4.78 is 0. The molecule has 110 valence electrons. The van der Waals surface area contributed by atoms with E-state index in [2.05, 4.69) is 72.7 Å². The van der Waals surface area contributed by atoms with Crippen LogP contribution in [0.15, 0.2) is 0 Å². The molecule has 2 heteroatoms. The average Bonchev–Trinajstić information content (AvgIpc) is 2.13. The average molecular weight is 256 g/mol. The minimum Gasteiger partial charge on any atom is -0.316 e. The molecule has 0 aliphatic heterocycles. The zero-order chi connectivity index (χ0) is 14.6. The van der Waals surface area contributed by atoms with Crippen LogP contribution in [0.2, 0.25) is 0 Å². The van der Waals surface area contributed by atoms with E-state index in [1.54, 1.807) is 0 Å². The largest absolute Gasteiger partial charge is 0.316 e. The molecule has 0 aromatic carbocycles. The van der Waals surface area contributed by atoms with E-state index in [0.717, 1.165) is 25.6 Å². The third-order valence-corrected chi connectivity index (χ3v) is 3.75. The fraction of sp³-hybridized carbons (Fsp3) is 1.00. The van der Waals surface area contributed by atoms with E-state index in [9.17, 15) is 0 Å². The molecule has 0 bridgehead atoms. The Morgan fingerprint density at radius 3 is 1.89 bits per heavy atom. The van der Waals surface area contributed by atoms with Crippen LogP contribution < -0.4 is 5.32 Å². The highest BCUT2D eigenvalue weighted by Crippen LogP contribution is 2.26. The predicted octanol–water partition coefficient (Wildman–Crippen LogP) is 3.62. The van der Waals surface area contributed by atoms with Crippen molar-refractivity contribution in [3.63, 3.8) is 0 Å². The monoisotopic (exact) mass is 256 g/mol. The summed E-state index contributed by atoms with van der Waals surface area (Å²) in [5, 5.41) is 3.58. The topological polar surface area (TPSA) is 15.3 Å². The van der Waals surface area contributed by atoms with E-state index in [1.165, 1.54) is 0 Å². The maximum Gasteiger partial charge on any atom is 0.0113 e. The quantitative estimate of drug-likeness (QED) is 0.748. The molecule has 18 heavy (non-hydrogen) atoms. The first-order valence-electron chi connectivity index (χ1n) is 7.36. The Kier molecular flexibility index (Phi) is 6.87. The summed E-state index contributed by atoms with van der Waals surface area (Å²) in [5.74, 6) is 0.729. The van der Waals surface area contributed by atoms with Gasteiger partial charge in [0.25, 0.3) is 0 Å². The molecule has 1 unspecified atom stereocenters. The van der Waals surface area contributed by atoms with E-state index in [-0.39, 0.29) is 0 Å². The van der Waals surface area contributed by atoms with E-state index >= 15 is 0 Å². The fourth-order valence-electron chi connectivity index (χ4n) is 2.23. The van der Waals surface area contributed by atoms with Crippen molar-refractivity contribution in [3.05, 3.63) is 0 Å². The van der Waals surface area contributed by atoms with Crippen molar-refractivity contribution < 1.29 is 0 Å². The van der Waals surface area contributed by atoms with Crippen LogP contribution in [0.4, 0.5) is 0 Å². The summed E-state index contributed by atoms with van der Waals surface area (Å²) in [7, 11) is 2.25. The lowest BCUT2D eigenvalue weighted by Crippen LogP contribution is -2.46. The fourth-order valence-corrected chi connectivity index (χ4v) is 2.23. The van der Waals surface area contributed by atoms with Gasteiger partial charge in [0, 0.05) is 19.1 Å². The lowest BCUT2D eigenvalue weighted by molar-refractivity contribution is 0.0973. The molecule has 0 aromatic heterocycles. The maximum atomic E-state index is 3.58. The van der Waals surface area contributed by atoms with Gasteiger partial charge in [-0.15, -0.1) is 0 Å². The van der Waals surface area contributed by atoms with Crippen molar-refractivity contribution in [2.75, 3.05) is 26.7 Å². The second-order valence-corrected chi connectivity index (χ2v) is 8.15. The zero-order valence-corrected chi connectivity index (χ0v) is 14.2. The van der Waals surface area contributed by atoms with Gasteiger partial charge in [-0.05, 0) is 37.3 Å². The van der Waals surface area contributed by atoms with Gasteiger partial charge in [-0.3, -0.25) is 0 Å². The summed E-state index contributed by atoms with van der Waals surface area (Å²) >= 11 is 0. The minimum atomic E-state index is 0.323. The van der Waals surface area contributed by atoms with Gasteiger partial charge in [-0.25, -0.2) is 0 Å². The van der Waals surface area contributed by atoms with Crippen molar-refractivity contribution >= 4 is 0 Å². The van der Waals surface area contributed by atoms with Crippen LogP contribution in [0.25, 0.3) is 0 Å². The molecule has 0 saturated carbocycles. The zero-order valence-electron chi connectivity index (χ0n) is 14.2. The number of nitrogens with one attached hydrogen (secondary N) is 1. The number of nitrogens with zero attached hydrogens (tertiary/aromatic N) is 1. The first-order valence-corrected chi connectivity index (χ1v) is 7.36. The molecule has 0 rings (SSSR count). The molecule has 0 saturated heterocycles.